The van der Waals surface area contributed by atoms with Crippen molar-refractivity contribution in [3.05, 3.63) is 35.9 Å². The summed E-state index contributed by atoms with van der Waals surface area (Å²) in [5.41, 5.74) is 0.226. The van der Waals surface area contributed by atoms with Crippen molar-refractivity contribution in [1.29, 1.82) is 0 Å². The second kappa shape index (κ2) is 11.1. The van der Waals surface area contributed by atoms with E-state index in [-0.39, 0.29) is 12.0 Å². The second-order valence-corrected chi connectivity index (χ2v) is 7.39. The van der Waals surface area contributed by atoms with E-state index in [1.165, 1.54) is 12.1 Å². The number of aliphatic carboxylic acids is 3. The molecule has 0 aliphatic carbocycles. The number of nitrogens with one attached hydrogen (secondary N) is 3. The minimum absolute atomic E-state index is 0.226. The Morgan fingerprint density at radius 2 is 1.48 bits per heavy atom. The van der Waals surface area contributed by atoms with E-state index in [1.807, 2.05) is 4.72 Å². The topological polar surface area (TPSA) is 199 Å². The van der Waals surface area contributed by atoms with Gasteiger partial charge in [0.15, 0.2) is 0 Å². The second-order valence-electron chi connectivity index (χ2n) is 5.86. The summed E-state index contributed by atoms with van der Waals surface area (Å²) >= 11 is 0. The molecule has 29 heavy (non-hydrogen) atoms. The normalized spacial score (nSPS) is 13.2. The lowest BCUT2D eigenvalue weighted by molar-refractivity contribution is -0.141. The Labute approximate surface area is 166 Å². The Hall–Kier alpha value is -3.03. The van der Waals surface area contributed by atoms with Gasteiger partial charge in [0.05, 0.1) is 0 Å². The largest absolute Gasteiger partial charge is 0.481 e. The molecule has 6 N–H and O–H groups in total. The first-order chi connectivity index (χ1) is 13.5. The molecule has 1 rings (SSSR count). The van der Waals surface area contributed by atoms with Gasteiger partial charge in [-0.15, -0.1) is 0 Å². The lowest BCUT2D eigenvalue weighted by atomic mass is 10.1. The van der Waals surface area contributed by atoms with Gasteiger partial charge in [-0.25, -0.2) is 9.52 Å². The minimum Gasteiger partial charge on any atom is -0.481 e. The summed E-state index contributed by atoms with van der Waals surface area (Å²) in [5, 5.41) is 29.0. The summed E-state index contributed by atoms with van der Waals surface area (Å²) in [5.74, 6) is -4.89. The highest BCUT2D eigenvalue weighted by molar-refractivity contribution is 7.87. The fraction of sp³-hybridized carbons (Fsp3) is 0.375. The quantitative estimate of drug-likeness (QED) is 0.227. The highest BCUT2D eigenvalue weighted by Crippen LogP contribution is 2.02. The van der Waals surface area contributed by atoms with Gasteiger partial charge in [0.25, 0.3) is 16.1 Å². The maximum atomic E-state index is 12.0. The van der Waals surface area contributed by atoms with Crippen molar-refractivity contribution >= 4 is 34.0 Å². The molecular weight excluding hydrogens is 410 g/mol. The molecular formula is C16H21N3O9S. The van der Waals surface area contributed by atoms with E-state index in [9.17, 15) is 32.7 Å². The Morgan fingerprint density at radius 1 is 0.897 bits per heavy atom. The van der Waals surface area contributed by atoms with Crippen LogP contribution >= 0.6 is 0 Å². The zero-order valence-corrected chi connectivity index (χ0v) is 15.9. The van der Waals surface area contributed by atoms with Crippen LogP contribution in [0.1, 0.15) is 29.6 Å². The molecule has 0 radical (unpaired) electrons. The van der Waals surface area contributed by atoms with Gasteiger partial charge in [-0.05, 0) is 25.0 Å². The number of hydrogen-bond donors (Lipinski definition) is 6. The summed E-state index contributed by atoms with van der Waals surface area (Å²) in [6.45, 7) is -0.424. The van der Waals surface area contributed by atoms with Gasteiger partial charge >= 0.3 is 17.9 Å². The van der Waals surface area contributed by atoms with Gasteiger partial charge in [0, 0.05) is 18.5 Å². The van der Waals surface area contributed by atoms with E-state index in [0.29, 0.717) is 0 Å². The number of carbonyl (C=O) groups excluding carboxylic acids is 1. The first-order valence-electron chi connectivity index (χ1n) is 8.32. The van der Waals surface area contributed by atoms with E-state index in [2.05, 4.69) is 5.32 Å². The summed E-state index contributed by atoms with van der Waals surface area (Å²) < 4.78 is 27.6. The molecule has 12 nitrogen and oxygen atoms in total. The molecule has 0 unspecified atom stereocenters. The van der Waals surface area contributed by atoms with Gasteiger partial charge in [-0.2, -0.15) is 13.1 Å². The van der Waals surface area contributed by atoms with Crippen LogP contribution in [-0.2, 0) is 24.6 Å². The first kappa shape index (κ1) is 24.0. The van der Waals surface area contributed by atoms with E-state index >= 15 is 0 Å². The summed E-state index contributed by atoms with van der Waals surface area (Å²) in [4.78, 5) is 44.9. The van der Waals surface area contributed by atoms with Crippen molar-refractivity contribution in [3.63, 3.8) is 0 Å². The lowest BCUT2D eigenvalue weighted by Crippen LogP contribution is -2.48. The van der Waals surface area contributed by atoms with Crippen molar-refractivity contribution in [2.45, 2.75) is 31.3 Å². The van der Waals surface area contributed by atoms with Crippen LogP contribution in [0.5, 0.6) is 0 Å². The van der Waals surface area contributed by atoms with Crippen LogP contribution in [0.2, 0.25) is 0 Å². The average Bonchev–Trinajstić information content (AvgIpc) is 2.64. The number of carbonyl (C=O) groups is 4. The van der Waals surface area contributed by atoms with Crippen molar-refractivity contribution in [2.24, 2.45) is 0 Å². The number of carboxylic acids is 3. The summed E-state index contributed by atoms with van der Waals surface area (Å²) in [6, 6.07) is 4.74. The average molecular weight is 431 g/mol. The molecule has 0 fully saturated rings. The highest BCUT2D eigenvalue weighted by atomic mass is 32.2. The maximum Gasteiger partial charge on any atom is 0.326 e. The van der Waals surface area contributed by atoms with Gasteiger partial charge in [0.2, 0.25) is 0 Å². The van der Waals surface area contributed by atoms with Crippen LogP contribution in [0, 0.1) is 0 Å². The van der Waals surface area contributed by atoms with Crippen LogP contribution in [0.25, 0.3) is 0 Å². The molecule has 0 heterocycles. The molecule has 0 aliphatic rings. The zero-order chi connectivity index (χ0) is 22.0. The summed E-state index contributed by atoms with van der Waals surface area (Å²) in [6.07, 6.45) is -1.36. The third kappa shape index (κ3) is 9.14. The van der Waals surface area contributed by atoms with Gasteiger partial charge in [-0.3, -0.25) is 14.4 Å². The third-order valence-corrected chi connectivity index (χ3v) is 4.79. The fourth-order valence-electron chi connectivity index (χ4n) is 2.16. The predicted molar refractivity (Wildman–Crippen MR) is 98.3 cm³/mol. The van der Waals surface area contributed by atoms with Crippen LogP contribution in [0.3, 0.4) is 0 Å². The van der Waals surface area contributed by atoms with E-state index in [1.54, 1.807) is 22.9 Å². The van der Waals surface area contributed by atoms with Crippen LogP contribution in [0.4, 0.5) is 0 Å². The number of hydrogen-bond acceptors (Lipinski definition) is 6. The molecule has 0 spiro atoms. The number of rotatable bonds is 13. The van der Waals surface area contributed by atoms with Gasteiger partial charge in [-0.1, -0.05) is 18.2 Å². The number of benzene rings is 1. The Balaban J connectivity index is 2.62. The van der Waals surface area contributed by atoms with Crippen molar-refractivity contribution in [1.82, 2.24) is 14.8 Å². The summed E-state index contributed by atoms with van der Waals surface area (Å²) in [7, 11) is -4.36. The molecule has 13 heteroatoms. The molecule has 2 atom stereocenters. The molecule has 1 aromatic rings. The third-order valence-electron chi connectivity index (χ3n) is 3.61. The van der Waals surface area contributed by atoms with Crippen LogP contribution in [0.15, 0.2) is 30.3 Å². The molecule has 0 aliphatic heterocycles. The van der Waals surface area contributed by atoms with Crippen LogP contribution in [-0.4, -0.2) is 66.2 Å². The molecule has 0 saturated carbocycles. The molecule has 0 aromatic heterocycles. The van der Waals surface area contributed by atoms with E-state index in [0.717, 1.165) is 0 Å². The Morgan fingerprint density at radius 3 is 2.00 bits per heavy atom. The van der Waals surface area contributed by atoms with Crippen molar-refractivity contribution in [3.8, 4) is 0 Å². The highest BCUT2D eigenvalue weighted by Gasteiger charge is 2.26. The van der Waals surface area contributed by atoms with Gasteiger partial charge in [0.1, 0.15) is 12.1 Å². The van der Waals surface area contributed by atoms with E-state index in [4.69, 9.17) is 10.2 Å². The standard InChI is InChI=1S/C16H21N3O9S/c20-13(21)7-6-12(16(25)26)19-29(27,28)17-9-8-11(15(23)24)18-14(22)10-4-2-1-3-5-10/h1-5,11-12,17,19H,6-9H2,(H,18,22)(H,20,21)(H,23,24)(H,25,26)/t11-,12-/m0/s1. The van der Waals surface area contributed by atoms with E-state index < -0.39 is 65.5 Å². The predicted octanol–water partition coefficient (Wildman–Crippen LogP) is -0.998. The maximum absolute atomic E-state index is 12.0. The zero-order valence-electron chi connectivity index (χ0n) is 15.1. The molecule has 1 amide bonds. The Kier molecular flexibility index (Phi) is 9.18. The first-order valence-corrected chi connectivity index (χ1v) is 9.80. The molecule has 160 valence electrons. The number of amides is 1. The molecule has 0 bridgehead atoms. The minimum atomic E-state index is -4.36. The number of carboxylic acid groups (broad SMARTS) is 3. The van der Waals surface area contributed by atoms with Gasteiger partial charge < -0.3 is 20.6 Å². The van der Waals surface area contributed by atoms with Crippen LogP contribution < -0.4 is 14.8 Å². The molecule has 1 aromatic carbocycles. The fourth-order valence-corrected chi connectivity index (χ4v) is 3.22. The monoisotopic (exact) mass is 431 g/mol. The SMILES string of the molecule is O=C(O)CC[C@H](NS(=O)(=O)NCC[C@H](NC(=O)c1ccccc1)C(=O)O)C(=O)O. The Bertz CT molecular complexity index is 842. The van der Waals surface area contributed by atoms with Crippen molar-refractivity contribution in [2.75, 3.05) is 6.54 Å². The molecule has 0 saturated heterocycles. The van der Waals surface area contributed by atoms with Crippen molar-refractivity contribution < 1.29 is 42.9 Å². The lowest BCUT2D eigenvalue weighted by Gasteiger charge is -2.17. The smallest absolute Gasteiger partial charge is 0.326 e.